The van der Waals surface area contributed by atoms with Gasteiger partial charge in [-0.05, 0) is 55.0 Å². The number of piperidine rings is 1. The van der Waals surface area contributed by atoms with Crippen molar-refractivity contribution < 1.29 is 18.8 Å². The van der Waals surface area contributed by atoms with Gasteiger partial charge in [0.05, 0.1) is 0 Å². The van der Waals surface area contributed by atoms with Crippen molar-refractivity contribution in [3.63, 3.8) is 0 Å². The predicted molar refractivity (Wildman–Crippen MR) is 121 cm³/mol. The molecule has 0 aliphatic carbocycles. The number of benzene rings is 1. The van der Waals surface area contributed by atoms with Crippen LogP contribution in [0.15, 0.2) is 42.6 Å². The lowest BCUT2D eigenvalue weighted by molar-refractivity contribution is -0.134. The van der Waals surface area contributed by atoms with Crippen molar-refractivity contribution in [2.24, 2.45) is 5.92 Å². The minimum Gasteiger partial charge on any atom is -0.357 e. The third-order valence-corrected chi connectivity index (χ3v) is 6.40. The maximum Gasteiger partial charge on any atom is 0.325 e. The van der Waals surface area contributed by atoms with Gasteiger partial charge in [-0.3, -0.25) is 14.5 Å². The molecule has 0 spiro atoms. The van der Waals surface area contributed by atoms with Crippen LogP contribution < -0.4 is 15.5 Å². The zero-order valence-electron chi connectivity index (χ0n) is 18.8. The molecule has 3 heterocycles. The fraction of sp³-hybridized carbons (Fsp3) is 0.417. The van der Waals surface area contributed by atoms with Crippen molar-refractivity contribution in [2.45, 2.75) is 38.8 Å². The SMILES string of the molecule is CC1CCN(c2ccc(CNC(=O)CN3C(=O)NC(C)(c4ccc(F)cc4)C3=O)cn2)CC1. The first-order chi connectivity index (χ1) is 15.8. The summed E-state index contributed by atoms with van der Waals surface area (Å²) in [5.41, 5.74) is -0.0813. The Bertz CT molecular complexity index is 1040. The van der Waals surface area contributed by atoms with Gasteiger partial charge in [0.15, 0.2) is 0 Å². The quantitative estimate of drug-likeness (QED) is 0.656. The van der Waals surface area contributed by atoms with E-state index in [0.717, 1.165) is 48.1 Å². The lowest BCUT2D eigenvalue weighted by atomic mass is 9.92. The van der Waals surface area contributed by atoms with Gasteiger partial charge >= 0.3 is 6.03 Å². The van der Waals surface area contributed by atoms with Crippen LogP contribution in [0, 0.1) is 11.7 Å². The Morgan fingerprint density at radius 2 is 1.88 bits per heavy atom. The average Bonchev–Trinajstić information content (AvgIpc) is 3.03. The zero-order valence-corrected chi connectivity index (χ0v) is 18.8. The third-order valence-electron chi connectivity index (χ3n) is 6.40. The van der Waals surface area contributed by atoms with E-state index in [-0.39, 0.29) is 6.54 Å². The molecule has 0 saturated carbocycles. The van der Waals surface area contributed by atoms with Crippen LogP contribution in [0.1, 0.15) is 37.8 Å². The van der Waals surface area contributed by atoms with E-state index in [4.69, 9.17) is 0 Å². The van der Waals surface area contributed by atoms with Crippen LogP contribution in [0.2, 0.25) is 0 Å². The molecule has 2 saturated heterocycles. The molecule has 4 amide bonds. The Morgan fingerprint density at radius 1 is 1.18 bits per heavy atom. The first-order valence-corrected chi connectivity index (χ1v) is 11.1. The number of aromatic nitrogens is 1. The Labute approximate surface area is 192 Å². The van der Waals surface area contributed by atoms with E-state index in [9.17, 15) is 18.8 Å². The van der Waals surface area contributed by atoms with Gasteiger partial charge in [0.1, 0.15) is 23.7 Å². The van der Waals surface area contributed by atoms with Crippen LogP contribution in [0.3, 0.4) is 0 Å². The number of halogens is 1. The maximum atomic E-state index is 13.2. The van der Waals surface area contributed by atoms with E-state index in [1.807, 2.05) is 12.1 Å². The molecular weight excluding hydrogens is 425 g/mol. The number of imide groups is 1. The van der Waals surface area contributed by atoms with Crippen LogP contribution >= 0.6 is 0 Å². The summed E-state index contributed by atoms with van der Waals surface area (Å²) in [5, 5.41) is 5.34. The van der Waals surface area contributed by atoms with Crippen molar-refractivity contribution in [1.82, 2.24) is 20.5 Å². The molecule has 2 N–H and O–H groups in total. The standard InChI is InChI=1S/C24H28FN5O3/c1-16-9-11-29(12-10-16)20-8-3-17(13-26-20)14-27-21(31)15-30-22(32)24(2,28-23(30)33)18-4-6-19(25)7-5-18/h3-8,13,16H,9-12,14-15H2,1-2H3,(H,27,31)(H,28,33). The van der Waals surface area contributed by atoms with Gasteiger partial charge in [-0.15, -0.1) is 0 Å². The molecule has 9 heteroatoms. The molecule has 1 unspecified atom stereocenters. The third kappa shape index (κ3) is 4.81. The summed E-state index contributed by atoms with van der Waals surface area (Å²) in [6.07, 6.45) is 4.04. The number of carbonyl (C=O) groups is 3. The summed E-state index contributed by atoms with van der Waals surface area (Å²) in [6.45, 7) is 5.62. The summed E-state index contributed by atoms with van der Waals surface area (Å²) >= 11 is 0. The number of rotatable bonds is 6. The molecule has 174 valence electrons. The summed E-state index contributed by atoms with van der Waals surface area (Å²) in [6, 6.07) is 8.53. The number of anilines is 1. The molecular formula is C24H28FN5O3. The minimum absolute atomic E-state index is 0.238. The average molecular weight is 454 g/mol. The predicted octanol–water partition coefficient (Wildman–Crippen LogP) is 2.54. The fourth-order valence-corrected chi connectivity index (χ4v) is 4.17. The fourth-order valence-electron chi connectivity index (χ4n) is 4.17. The number of nitrogens with one attached hydrogen (secondary N) is 2. The molecule has 4 rings (SSSR count). The molecule has 1 atom stereocenters. The van der Waals surface area contributed by atoms with Crippen LogP contribution in [0.4, 0.5) is 15.0 Å². The van der Waals surface area contributed by atoms with E-state index in [2.05, 4.69) is 27.4 Å². The summed E-state index contributed by atoms with van der Waals surface area (Å²) in [5.74, 6) is 0.209. The summed E-state index contributed by atoms with van der Waals surface area (Å²) in [4.78, 5) is 45.4. The van der Waals surface area contributed by atoms with Gasteiger partial charge in [-0.25, -0.2) is 14.2 Å². The maximum absolute atomic E-state index is 13.2. The number of hydrogen-bond donors (Lipinski definition) is 2. The van der Waals surface area contributed by atoms with Crippen molar-refractivity contribution in [1.29, 1.82) is 0 Å². The molecule has 2 aromatic rings. The molecule has 2 aliphatic rings. The highest BCUT2D eigenvalue weighted by atomic mass is 19.1. The monoisotopic (exact) mass is 453 g/mol. The molecule has 1 aromatic heterocycles. The second-order valence-electron chi connectivity index (χ2n) is 8.92. The Morgan fingerprint density at radius 3 is 2.52 bits per heavy atom. The van der Waals surface area contributed by atoms with E-state index >= 15 is 0 Å². The van der Waals surface area contributed by atoms with Crippen LogP contribution in [-0.4, -0.2) is 47.4 Å². The molecule has 8 nitrogen and oxygen atoms in total. The number of urea groups is 1. The van der Waals surface area contributed by atoms with Crippen LogP contribution in [-0.2, 0) is 21.7 Å². The van der Waals surface area contributed by atoms with Crippen LogP contribution in [0.5, 0.6) is 0 Å². The minimum atomic E-state index is -1.35. The summed E-state index contributed by atoms with van der Waals surface area (Å²) < 4.78 is 13.2. The largest absolute Gasteiger partial charge is 0.357 e. The highest BCUT2D eigenvalue weighted by Gasteiger charge is 2.49. The second kappa shape index (κ2) is 9.17. The number of carbonyl (C=O) groups excluding carboxylic acids is 3. The van der Waals surface area contributed by atoms with Gasteiger partial charge in [0.25, 0.3) is 5.91 Å². The van der Waals surface area contributed by atoms with Crippen molar-refractivity contribution >= 4 is 23.7 Å². The van der Waals surface area contributed by atoms with E-state index in [1.54, 1.807) is 6.20 Å². The van der Waals surface area contributed by atoms with E-state index < -0.39 is 35.7 Å². The molecule has 0 radical (unpaired) electrons. The van der Waals surface area contributed by atoms with Gasteiger partial charge in [-0.2, -0.15) is 0 Å². The number of hydrogen-bond acceptors (Lipinski definition) is 5. The smallest absolute Gasteiger partial charge is 0.325 e. The van der Waals surface area contributed by atoms with Gasteiger partial charge in [0, 0.05) is 25.8 Å². The Kier molecular flexibility index (Phi) is 6.31. The number of amides is 4. The highest BCUT2D eigenvalue weighted by Crippen LogP contribution is 2.28. The molecule has 1 aromatic carbocycles. The van der Waals surface area contributed by atoms with Gasteiger partial charge < -0.3 is 15.5 Å². The van der Waals surface area contributed by atoms with E-state index in [0.29, 0.717) is 5.56 Å². The Balaban J connectivity index is 1.32. The van der Waals surface area contributed by atoms with Gasteiger partial charge in [0.2, 0.25) is 5.91 Å². The normalized spacial score (nSPS) is 21.3. The van der Waals surface area contributed by atoms with Crippen molar-refractivity contribution in [3.05, 3.63) is 59.5 Å². The molecule has 2 fully saturated rings. The molecule has 2 aliphatic heterocycles. The molecule has 0 bridgehead atoms. The second-order valence-corrected chi connectivity index (χ2v) is 8.92. The van der Waals surface area contributed by atoms with Gasteiger partial charge in [-0.1, -0.05) is 25.1 Å². The number of pyridine rings is 1. The first kappa shape index (κ1) is 22.7. The first-order valence-electron chi connectivity index (χ1n) is 11.1. The van der Waals surface area contributed by atoms with Crippen molar-refractivity contribution in [2.75, 3.05) is 24.5 Å². The topological polar surface area (TPSA) is 94.6 Å². The lowest BCUT2D eigenvalue weighted by Crippen LogP contribution is -2.43. The molecule has 33 heavy (non-hydrogen) atoms. The lowest BCUT2D eigenvalue weighted by Gasteiger charge is -2.31. The number of nitrogens with zero attached hydrogens (tertiary/aromatic N) is 3. The Hall–Kier alpha value is -3.49. The zero-order chi connectivity index (χ0) is 23.6. The van der Waals surface area contributed by atoms with Crippen LogP contribution in [0.25, 0.3) is 0 Å². The highest BCUT2D eigenvalue weighted by molar-refractivity contribution is 6.09. The van der Waals surface area contributed by atoms with Crippen molar-refractivity contribution in [3.8, 4) is 0 Å². The summed E-state index contributed by atoms with van der Waals surface area (Å²) in [7, 11) is 0. The van der Waals surface area contributed by atoms with E-state index in [1.165, 1.54) is 31.2 Å².